The summed E-state index contributed by atoms with van der Waals surface area (Å²) in [5.74, 6) is -0.0668. The van der Waals surface area contributed by atoms with Crippen LogP contribution in [0, 0.1) is 5.82 Å². The van der Waals surface area contributed by atoms with Crippen molar-refractivity contribution in [1.29, 1.82) is 0 Å². The summed E-state index contributed by atoms with van der Waals surface area (Å²) < 4.78 is 15.1. The fraction of sp³-hybridized carbons (Fsp3) is 0.450. The molecule has 2 N–H and O–H groups in total. The van der Waals surface area contributed by atoms with E-state index in [4.69, 9.17) is 0 Å². The van der Waals surface area contributed by atoms with Crippen LogP contribution in [0.2, 0.25) is 0 Å². The minimum atomic E-state index is -0.517. The molecule has 152 valence electrons. The summed E-state index contributed by atoms with van der Waals surface area (Å²) in [7, 11) is 1.83. The van der Waals surface area contributed by atoms with E-state index in [2.05, 4.69) is 15.6 Å². The Balaban J connectivity index is 2.10. The van der Waals surface area contributed by atoms with Gasteiger partial charge in [-0.2, -0.15) is 0 Å². The molecule has 0 radical (unpaired) electrons. The van der Waals surface area contributed by atoms with Crippen molar-refractivity contribution >= 4 is 11.8 Å². The van der Waals surface area contributed by atoms with E-state index in [1.165, 1.54) is 12.1 Å². The number of aromatic nitrogens is 2. The molecule has 0 aliphatic heterocycles. The van der Waals surface area contributed by atoms with Crippen LogP contribution < -0.4 is 10.6 Å². The largest absolute Gasteiger partial charge is 0.353 e. The summed E-state index contributed by atoms with van der Waals surface area (Å²) in [6.45, 7) is 6.45. The van der Waals surface area contributed by atoms with Crippen LogP contribution in [-0.4, -0.2) is 51.9 Å². The smallest absolute Gasteiger partial charge is 0.235 e. The molecule has 2 aromatic rings. The van der Waals surface area contributed by atoms with Crippen LogP contribution in [0.4, 0.5) is 4.39 Å². The van der Waals surface area contributed by atoms with E-state index in [-0.39, 0.29) is 36.8 Å². The number of carbonyl (C=O) groups is 2. The summed E-state index contributed by atoms with van der Waals surface area (Å²) in [6, 6.07) is 5.49. The maximum Gasteiger partial charge on any atom is 0.235 e. The summed E-state index contributed by atoms with van der Waals surface area (Å²) in [5.41, 5.74) is 0.727. The van der Waals surface area contributed by atoms with Crippen molar-refractivity contribution in [1.82, 2.24) is 25.1 Å². The maximum absolute atomic E-state index is 13.3. The van der Waals surface area contributed by atoms with Crippen LogP contribution in [0.1, 0.15) is 38.2 Å². The summed E-state index contributed by atoms with van der Waals surface area (Å²) in [4.78, 5) is 30.7. The second-order valence-electron chi connectivity index (χ2n) is 6.97. The molecule has 0 aliphatic carbocycles. The van der Waals surface area contributed by atoms with Gasteiger partial charge in [-0.25, -0.2) is 9.37 Å². The van der Waals surface area contributed by atoms with Crippen LogP contribution in [0.25, 0.3) is 0 Å². The highest BCUT2D eigenvalue weighted by atomic mass is 19.1. The van der Waals surface area contributed by atoms with Crippen LogP contribution in [-0.2, 0) is 16.6 Å². The van der Waals surface area contributed by atoms with Crippen molar-refractivity contribution in [2.24, 2.45) is 7.05 Å². The Hall–Kier alpha value is -2.74. The highest BCUT2D eigenvalue weighted by Crippen LogP contribution is 2.20. The Morgan fingerprint density at radius 2 is 1.75 bits per heavy atom. The van der Waals surface area contributed by atoms with Gasteiger partial charge >= 0.3 is 0 Å². The number of likely N-dealkylation sites (N-methyl/N-ethyl adjacent to an activating group) is 1. The number of imidazole rings is 1. The maximum atomic E-state index is 13.3. The summed E-state index contributed by atoms with van der Waals surface area (Å²) in [5, 5.41) is 5.78. The van der Waals surface area contributed by atoms with Crippen molar-refractivity contribution in [3.63, 3.8) is 0 Å². The number of nitrogens with zero attached hydrogens (tertiary/aromatic N) is 3. The number of hydrogen-bond donors (Lipinski definition) is 2. The fourth-order valence-electron chi connectivity index (χ4n) is 2.87. The van der Waals surface area contributed by atoms with Gasteiger partial charge in [-0.15, -0.1) is 0 Å². The molecule has 1 aromatic heterocycles. The SMILES string of the molecule is CCN(CC(=O)NC(C)C)CC(=O)N[C@@H](c1ccc(F)cc1)c1nccn1C. The van der Waals surface area contributed by atoms with E-state index in [1.54, 1.807) is 29.4 Å². The zero-order valence-corrected chi connectivity index (χ0v) is 16.8. The molecule has 0 fully saturated rings. The Morgan fingerprint density at radius 3 is 2.25 bits per heavy atom. The quantitative estimate of drug-likeness (QED) is 0.683. The predicted octanol–water partition coefficient (Wildman–Crippen LogP) is 1.61. The Bertz CT molecular complexity index is 788. The van der Waals surface area contributed by atoms with Gasteiger partial charge in [0.1, 0.15) is 17.7 Å². The third-order valence-electron chi connectivity index (χ3n) is 4.26. The number of amides is 2. The normalized spacial score (nSPS) is 12.2. The minimum absolute atomic E-state index is 0.0475. The van der Waals surface area contributed by atoms with Gasteiger partial charge in [0.15, 0.2) is 0 Å². The molecule has 0 spiro atoms. The molecule has 28 heavy (non-hydrogen) atoms. The third-order valence-corrected chi connectivity index (χ3v) is 4.26. The molecular weight excluding hydrogens is 361 g/mol. The monoisotopic (exact) mass is 389 g/mol. The topological polar surface area (TPSA) is 79.3 Å². The third kappa shape index (κ3) is 6.16. The molecular formula is C20H28FN5O2. The van der Waals surface area contributed by atoms with Crippen molar-refractivity contribution in [3.05, 3.63) is 53.9 Å². The van der Waals surface area contributed by atoms with Gasteiger partial charge in [-0.05, 0) is 38.1 Å². The van der Waals surface area contributed by atoms with Gasteiger partial charge in [-0.1, -0.05) is 19.1 Å². The second-order valence-corrected chi connectivity index (χ2v) is 6.97. The van der Waals surface area contributed by atoms with Gasteiger partial charge in [0, 0.05) is 25.5 Å². The molecule has 1 heterocycles. The highest BCUT2D eigenvalue weighted by molar-refractivity contribution is 5.81. The molecule has 0 aliphatic rings. The van der Waals surface area contributed by atoms with Crippen LogP contribution in [0.5, 0.6) is 0 Å². The standard InChI is InChI=1S/C20H28FN5O2/c1-5-26(12-17(27)23-14(2)3)13-18(28)24-19(20-22-10-11-25(20)4)15-6-8-16(21)9-7-15/h6-11,14,19H,5,12-13H2,1-4H3,(H,23,27)(H,24,28)/t19-/m0/s1. The van der Waals surface area contributed by atoms with Crippen LogP contribution in [0.3, 0.4) is 0 Å². The lowest BCUT2D eigenvalue weighted by Crippen LogP contribution is -2.45. The molecule has 1 atom stereocenters. The molecule has 7 nitrogen and oxygen atoms in total. The fourth-order valence-corrected chi connectivity index (χ4v) is 2.87. The molecule has 2 amide bonds. The molecule has 8 heteroatoms. The first-order chi connectivity index (χ1) is 13.3. The van der Waals surface area contributed by atoms with Crippen molar-refractivity contribution in [3.8, 4) is 0 Å². The van der Waals surface area contributed by atoms with Crippen molar-refractivity contribution in [2.75, 3.05) is 19.6 Å². The van der Waals surface area contributed by atoms with Crippen LogP contribution in [0.15, 0.2) is 36.7 Å². The minimum Gasteiger partial charge on any atom is -0.353 e. The number of benzene rings is 1. The van der Waals surface area contributed by atoms with Gasteiger partial charge in [0.25, 0.3) is 0 Å². The second kappa shape index (κ2) is 9.98. The molecule has 1 aromatic carbocycles. The van der Waals surface area contributed by atoms with Gasteiger partial charge in [-0.3, -0.25) is 14.5 Å². The number of nitrogens with one attached hydrogen (secondary N) is 2. The van der Waals surface area contributed by atoms with Gasteiger partial charge in [0.2, 0.25) is 11.8 Å². The molecule has 0 unspecified atom stereocenters. The van der Waals surface area contributed by atoms with Crippen LogP contribution >= 0.6 is 0 Å². The number of carbonyl (C=O) groups excluding carboxylic acids is 2. The first-order valence-electron chi connectivity index (χ1n) is 9.34. The summed E-state index contributed by atoms with van der Waals surface area (Å²) >= 11 is 0. The number of halogens is 1. The lowest BCUT2D eigenvalue weighted by atomic mass is 10.1. The summed E-state index contributed by atoms with van der Waals surface area (Å²) in [6.07, 6.45) is 3.43. The zero-order chi connectivity index (χ0) is 20.7. The van der Waals surface area contributed by atoms with E-state index in [9.17, 15) is 14.0 Å². The average Bonchev–Trinajstić information content (AvgIpc) is 3.05. The first kappa shape index (κ1) is 21.6. The first-order valence-corrected chi connectivity index (χ1v) is 9.34. The zero-order valence-electron chi connectivity index (χ0n) is 16.8. The Kier molecular flexibility index (Phi) is 7.69. The van der Waals surface area contributed by atoms with E-state index in [0.717, 1.165) is 5.56 Å². The van der Waals surface area contributed by atoms with Gasteiger partial charge < -0.3 is 15.2 Å². The number of aryl methyl sites for hydroxylation is 1. The average molecular weight is 389 g/mol. The Morgan fingerprint density at radius 1 is 1.14 bits per heavy atom. The molecule has 0 saturated heterocycles. The Labute approximate surface area is 164 Å². The molecule has 0 bridgehead atoms. The number of hydrogen-bond acceptors (Lipinski definition) is 4. The van der Waals surface area contributed by atoms with E-state index in [0.29, 0.717) is 12.4 Å². The lowest BCUT2D eigenvalue weighted by molar-refractivity contribution is -0.125. The lowest BCUT2D eigenvalue weighted by Gasteiger charge is -2.23. The molecule has 2 rings (SSSR count). The van der Waals surface area contributed by atoms with Crippen molar-refractivity contribution in [2.45, 2.75) is 32.9 Å². The van der Waals surface area contributed by atoms with Crippen molar-refractivity contribution < 1.29 is 14.0 Å². The predicted molar refractivity (Wildman–Crippen MR) is 105 cm³/mol. The number of rotatable bonds is 9. The molecule has 0 saturated carbocycles. The van der Waals surface area contributed by atoms with E-state index in [1.807, 2.05) is 32.4 Å². The van der Waals surface area contributed by atoms with E-state index < -0.39 is 6.04 Å². The van der Waals surface area contributed by atoms with E-state index >= 15 is 0 Å². The van der Waals surface area contributed by atoms with Gasteiger partial charge in [0.05, 0.1) is 13.1 Å². The highest BCUT2D eigenvalue weighted by Gasteiger charge is 2.22.